The second-order valence-corrected chi connectivity index (χ2v) is 7.31. The largest absolute Gasteiger partial charge is 0.483 e. The Balaban J connectivity index is 0.000000521. The molecule has 3 aliphatic heterocycles. The minimum Gasteiger partial charge on any atom is -0.483 e. The van der Waals surface area contributed by atoms with E-state index >= 15 is 0 Å². The number of nitrogens with zero attached hydrogens (tertiary/aromatic N) is 2. The van der Waals surface area contributed by atoms with Gasteiger partial charge < -0.3 is 15.2 Å². The quantitative estimate of drug-likeness (QED) is 0.544. The van der Waals surface area contributed by atoms with Crippen molar-refractivity contribution in [1.82, 2.24) is 15.1 Å². The Labute approximate surface area is 149 Å². The van der Waals surface area contributed by atoms with Gasteiger partial charge >= 0.3 is 6.09 Å². The molecule has 1 unspecified atom stereocenters. The van der Waals surface area contributed by atoms with Crippen LogP contribution in [0.3, 0.4) is 0 Å². The van der Waals surface area contributed by atoms with Crippen molar-refractivity contribution in [2.75, 3.05) is 39.1 Å². The zero-order valence-electron chi connectivity index (χ0n) is 15.0. The molecule has 1 spiro atoms. The number of ether oxygens (including phenoxy) is 1. The van der Waals surface area contributed by atoms with Gasteiger partial charge in [0.2, 0.25) is 0 Å². The third-order valence-corrected chi connectivity index (χ3v) is 4.62. The van der Waals surface area contributed by atoms with E-state index in [0.717, 1.165) is 45.6 Å². The summed E-state index contributed by atoms with van der Waals surface area (Å²) in [5.41, 5.74) is -0.0702. The summed E-state index contributed by atoms with van der Waals surface area (Å²) < 4.78 is 5.69. The highest BCUT2D eigenvalue weighted by Crippen LogP contribution is 2.37. The van der Waals surface area contributed by atoms with Gasteiger partial charge in [0.05, 0.1) is 6.54 Å². The minimum atomic E-state index is -0.250. The number of rotatable bonds is 1. The van der Waals surface area contributed by atoms with Crippen molar-refractivity contribution in [1.29, 1.82) is 0 Å². The van der Waals surface area contributed by atoms with Crippen LogP contribution in [0.2, 0.25) is 0 Å². The molecule has 7 nitrogen and oxygen atoms in total. The smallest absolute Gasteiger partial charge is 0.410 e. The fourth-order valence-corrected chi connectivity index (χ4v) is 3.32. The van der Waals surface area contributed by atoms with E-state index in [1.165, 1.54) is 6.38 Å². The zero-order valence-corrected chi connectivity index (χ0v) is 15.8. The molecule has 0 saturated carbocycles. The number of hydrogen-bond donors (Lipinski definition) is 2. The van der Waals surface area contributed by atoms with Gasteiger partial charge in [0.15, 0.2) is 5.60 Å². The molecule has 24 heavy (non-hydrogen) atoms. The van der Waals surface area contributed by atoms with Crippen LogP contribution in [0.15, 0.2) is 0 Å². The second kappa shape index (κ2) is 8.87. The van der Waals surface area contributed by atoms with Crippen molar-refractivity contribution < 1.29 is 19.4 Å². The molecule has 3 aliphatic rings. The molecule has 3 rings (SSSR count). The predicted molar refractivity (Wildman–Crippen MR) is 93.6 cm³/mol. The lowest BCUT2D eigenvalue weighted by molar-refractivity contribution is -0.122. The van der Waals surface area contributed by atoms with E-state index in [1.807, 2.05) is 4.90 Å². The lowest BCUT2D eigenvalue weighted by Gasteiger charge is -2.52. The number of alkyl halides is 1. The van der Waals surface area contributed by atoms with E-state index in [1.54, 1.807) is 0 Å². The van der Waals surface area contributed by atoms with Gasteiger partial charge in [-0.05, 0) is 40.2 Å². The van der Waals surface area contributed by atoms with E-state index in [-0.39, 0.29) is 23.7 Å². The second-order valence-electron chi connectivity index (χ2n) is 7.31. The van der Waals surface area contributed by atoms with Crippen LogP contribution in [0.4, 0.5) is 4.79 Å². The van der Waals surface area contributed by atoms with Crippen LogP contribution in [0.5, 0.6) is 0 Å². The fourth-order valence-electron chi connectivity index (χ4n) is 3.32. The first-order valence-corrected chi connectivity index (χ1v) is 8.98. The summed E-state index contributed by atoms with van der Waals surface area (Å²) >= 11 is 4.64. The van der Waals surface area contributed by atoms with Crippen LogP contribution in [0.1, 0.15) is 33.6 Å². The average molecular weight is 364 g/mol. The maximum absolute atomic E-state index is 12.1. The van der Waals surface area contributed by atoms with Crippen molar-refractivity contribution in [3.8, 4) is 0 Å². The molecule has 8 heteroatoms. The van der Waals surface area contributed by atoms with E-state index in [0.29, 0.717) is 6.04 Å². The summed E-state index contributed by atoms with van der Waals surface area (Å²) in [4.78, 5) is 24.8. The molecule has 2 N–H and O–H groups in total. The number of carboxylic acid groups (broad SMARTS) is 1. The van der Waals surface area contributed by atoms with E-state index in [2.05, 4.69) is 42.6 Å². The van der Waals surface area contributed by atoms with Crippen molar-refractivity contribution in [3.63, 3.8) is 0 Å². The van der Waals surface area contributed by atoms with Gasteiger partial charge in [-0.15, -0.1) is 11.6 Å². The number of halogens is 1. The topological polar surface area (TPSA) is 82.1 Å². The number of amides is 1. The van der Waals surface area contributed by atoms with Gasteiger partial charge in [0.25, 0.3) is 6.47 Å². The van der Waals surface area contributed by atoms with Gasteiger partial charge in [0.1, 0.15) is 0 Å². The number of hydrogen-bond acceptors (Lipinski definition) is 5. The monoisotopic (exact) mass is 363 g/mol. The molecule has 0 aliphatic carbocycles. The van der Waals surface area contributed by atoms with Gasteiger partial charge in [-0.1, -0.05) is 0 Å². The Morgan fingerprint density at radius 2 is 1.92 bits per heavy atom. The first kappa shape index (κ1) is 21.0. The minimum absolute atomic E-state index is 0.109. The van der Waals surface area contributed by atoms with Crippen molar-refractivity contribution in [2.45, 2.75) is 50.8 Å². The van der Waals surface area contributed by atoms with Crippen molar-refractivity contribution in [3.05, 3.63) is 0 Å². The number of carbonyl (C=O) groups excluding carboxylic acids is 1. The van der Waals surface area contributed by atoms with Crippen molar-refractivity contribution in [2.24, 2.45) is 0 Å². The molecule has 0 aromatic heterocycles. The molecule has 1 atom stereocenters. The number of likely N-dealkylation sites (tertiary alicyclic amines) is 1. The van der Waals surface area contributed by atoms with Crippen LogP contribution in [-0.4, -0.2) is 83.8 Å². The lowest BCUT2D eigenvalue weighted by atomic mass is 9.88. The standard InChI is InChI=1S/C14H25N3O2.CH3Cl.CH2O2/c1-13(2,3)16-8-14(9-16)10-17(12(18)19-14)11-5-4-6-15-7-11;1-2;2-1-3/h11,15H,4-10H2,1-3H3;1H3;1H,(H,2,3). The average Bonchev–Trinajstić information content (AvgIpc) is 2.87. The summed E-state index contributed by atoms with van der Waals surface area (Å²) in [6.07, 6.45) is 3.61. The van der Waals surface area contributed by atoms with E-state index in [9.17, 15) is 4.79 Å². The van der Waals surface area contributed by atoms with Crippen LogP contribution in [0.25, 0.3) is 0 Å². The van der Waals surface area contributed by atoms with Gasteiger partial charge in [-0.25, -0.2) is 4.79 Å². The highest BCUT2D eigenvalue weighted by atomic mass is 35.5. The van der Waals surface area contributed by atoms with Gasteiger partial charge in [-0.3, -0.25) is 14.6 Å². The fraction of sp³-hybridized carbons (Fsp3) is 0.875. The van der Waals surface area contributed by atoms with Crippen LogP contribution in [-0.2, 0) is 9.53 Å². The Morgan fingerprint density at radius 3 is 2.38 bits per heavy atom. The summed E-state index contributed by atoms with van der Waals surface area (Å²) in [5.74, 6) is 0. The molecule has 3 saturated heterocycles. The van der Waals surface area contributed by atoms with E-state index in [4.69, 9.17) is 14.6 Å². The van der Waals surface area contributed by atoms with Crippen molar-refractivity contribution >= 4 is 24.2 Å². The summed E-state index contributed by atoms with van der Waals surface area (Å²) in [6.45, 7) is 10.9. The summed E-state index contributed by atoms with van der Waals surface area (Å²) in [6, 6.07) is 0.323. The molecule has 3 fully saturated rings. The van der Waals surface area contributed by atoms with Crippen LogP contribution >= 0.6 is 11.6 Å². The lowest BCUT2D eigenvalue weighted by Crippen LogP contribution is -2.68. The highest BCUT2D eigenvalue weighted by molar-refractivity contribution is 6.15. The van der Waals surface area contributed by atoms with Gasteiger partial charge in [0, 0.05) is 37.6 Å². The summed E-state index contributed by atoms with van der Waals surface area (Å²) in [7, 11) is 0. The molecule has 3 heterocycles. The molecule has 140 valence electrons. The Bertz CT molecular complexity index is 416. The Kier molecular flexibility index (Phi) is 7.76. The van der Waals surface area contributed by atoms with E-state index < -0.39 is 0 Å². The Hall–Kier alpha value is -1.05. The first-order chi connectivity index (χ1) is 11.3. The molecular formula is C16H30ClN3O4. The normalized spacial score (nSPS) is 25.6. The van der Waals surface area contributed by atoms with Crippen LogP contribution < -0.4 is 5.32 Å². The van der Waals surface area contributed by atoms with Crippen LogP contribution in [0, 0.1) is 0 Å². The number of carbonyl (C=O) groups is 2. The van der Waals surface area contributed by atoms with Gasteiger partial charge in [-0.2, -0.15) is 0 Å². The number of piperidine rings is 1. The maximum Gasteiger partial charge on any atom is 0.410 e. The molecule has 0 radical (unpaired) electrons. The molecule has 1 amide bonds. The third-order valence-electron chi connectivity index (χ3n) is 4.62. The highest BCUT2D eigenvalue weighted by Gasteiger charge is 2.56. The summed E-state index contributed by atoms with van der Waals surface area (Å²) in [5, 5.41) is 10.3. The predicted octanol–water partition coefficient (Wildman–Crippen LogP) is 1.60. The first-order valence-electron chi connectivity index (χ1n) is 8.22. The molecule has 0 aromatic rings. The third kappa shape index (κ3) is 4.97. The zero-order chi connectivity index (χ0) is 18.4. The number of nitrogens with one attached hydrogen (secondary N) is 1. The maximum atomic E-state index is 12.1. The molecule has 0 aromatic carbocycles. The Morgan fingerprint density at radius 1 is 1.33 bits per heavy atom. The SMILES string of the molecule is CC(C)(C)N1CC2(CN(C3CCCNC3)C(=O)O2)C1.CCl.O=CO. The molecule has 0 bridgehead atoms. The molecular weight excluding hydrogens is 334 g/mol.